The molecule has 1 nitrogen and oxygen atoms in total. The van der Waals surface area contributed by atoms with E-state index in [1.807, 2.05) is 7.05 Å². The van der Waals surface area contributed by atoms with Crippen LogP contribution in [0.4, 0.5) is 0 Å². The summed E-state index contributed by atoms with van der Waals surface area (Å²) in [5, 5.41) is 3.16. The summed E-state index contributed by atoms with van der Waals surface area (Å²) in [5.74, 6) is 0. The van der Waals surface area contributed by atoms with Gasteiger partial charge in [-0.3, -0.25) is 0 Å². The van der Waals surface area contributed by atoms with Crippen molar-refractivity contribution in [1.82, 2.24) is 5.32 Å². The Balaban J connectivity index is 2.15. The molecule has 1 heteroatoms. The molecule has 0 radical (unpaired) electrons. The average Bonchev–Trinajstić information content (AvgIpc) is 2.07. The fourth-order valence-electron chi connectivity index (χ4n) is 1.35. The van der Waals surface area contributed by atoms with Crippen molar-refractivity contribution in [3.8, 4) is 0 Å². The van der Waals surface area contributed by atoms with E-state index >= 15 is 0 Å². The third kappa shape index (κ3) is 3.38. The highest BCUT2D eigenvalue weighted by Gasteiger charge is 1.97. The van der Waals surface area contributed by atoms with Crippen LogP contribution in [0.15, 0.2) is 23.8 Å². The Hall–Kier alpha value is -0.560. The van der Waals surface area contributed by atoms with Crippen molar-refractivity contribution in [2.45, 2.75) is 25.7 Å². The molecule has 0 saturated carbocycles. The lowest BCUT2D eigenvalue weighted by Crippen LogP contribution is -2.07. The molecule has 1 aliphatic rings. The van der Waals surface area contributed by atoms with Gasteiger partial charge in [0, 0.05) is 0 Å². The van der Waals surface area contributed by atoms with Gasteiger partial charge in [0.05, 0.1) is 0 Å². The van der Waals surface area contributed by atoms with Gasteiger partial charge in [-0.15, -0.1) is 0 Å². The number of allylic oxidation sites excluding steroid dienone is 4. The molecule has 0 bridgehead atoms. The predicted octanol–water partition coefficient (Wildman–Crippen LogP) is 2.26. The number of hydrogen-bond acceptors (Lipinski definition) is 1. The van der Waals surface area contributed by atoms with Gasteiger partial charge in [-0.05, 0) is 39.3 Å². The molecule has 0 saturated heterocycles. The van der Waals surface area contributed by atoms with Gasteiger partial charge in [-0.2, -0.15) is 0 Å². The summed E-state index contributed by atoms with van der Waals surface area (Å²) in [6, 6.07) is 0. The van der Waals surface area contributed by atoms with Crippen molar-refractivity contribution < 1.29 is 0 Å². The number of rotatable bonds is 4. The molecule has 0 heterocycles. The van der Waals surface area contributed by atoms with Gasteiger partial charge in [0.1, 0.15) is 0 Å². The van der Waals surface area contributed by atoms with E-state index in [-0.39, 0.29) is 0 Å². The summed E-state index contributed by atoms with van der Waals surface area (Å²) in [4.78, 5) is 0. The van der Waals surface area contributed by atoms with E-state index in [9.17, 15) is 0 Å². The molecule has 0 aromatic heterocycles. The second-order valence-electron chi connectivity index (χ2n) is 3.00. The molecule has 0 atom stereocenters. The summed E-state index contributed by atoms with van der Waals surface area (Å²) >= 11 is 0. The molecule has 0 aliphatic heterocycles. The summed E-state index contributed by atoms with van der Waals surface area (Å²) < 4.78 is 0. The number of nitrogens with one attached hydrogen (secondary N) is 1. The molecule has 62 valence electrons. The van der Waals surface area contributed by atoms with E-state index < -0.39 is 0 Å². The fraction of sp³-hybridized carbons (Fsp3) is 0.600. The van der Waals surface area contributed by atoms with E-state index in [1.165, 1.54) is 25.7 Å². The average molecular weight is 151 g/mol. The topological polar surface area (TPSA) is 12.0 Å². The Morgan fingerprint density at radius 1 is 1.55 bits per heavy atom. The quantitative estimate of drug-likeness (QED) is 0.608. The first-order valence-electron chi connectivity index (χ1n) is 4.42. The lowest BCUT2D eigenvalue weighted by molar-refractivity contribution is 0.703. The lowest BCUT2D eigenvalue weighted by atomic mass is 10.0. The highest BCUT2D eigenvalue weighted by atomic mass is 14.8. The largest absolute Gasteiger partial charge is 0.320 e. The first kappa shape index (κ1) is 8.54. The van der Waals surface area contributed by atoms with Crippen LogP contribution in [0.2, 0.25) is 0 Å². The van der Waals surface area contributed by atoms with Gasteiger partial charge in [0.15, 0.2) is 0 Å². The Kier molecular flexibility index (Phi) is 3.99. The third-order valence-electron chi connectivity index (χ3n) is 2.02. The molecule has 0 aromatic carbocycles. The van der Waals surface area contributed by atoms with Crippen LogP contribution >= 0.6 is 0 Å². The van der Waals surface area contributed by atoms with Crippen LogP contribution < -0.4 is 5.32 Å². The van der Waals surface area contributed by atoms with E-state index in [2.05, 4.69) is 23.5 Å². The van der Waals surface area contributed by atoms with Crippen LogP contribution in [0.25, 0.3) is 0 Å². The van der Waals surface area contributed by atoms with Crippen LogP contribution in [-0.2, 0) is 0 Å². The zero-order valence-electron chi connectivity index (χ0n) is 7.27. The van der Waals surface area contributed by atoms with Gasteiger partial charge in [-0.25, -0.2) is 0 Å². The van der Waals surface area contributed by atoms with Crippen molar-refractivity contribution in [2.24, 2.45) is 0 Å². The van der Waals surface area contributed by atoms with Gasteiger partial charge in [-0.1, -0.05) is 23.8 Å². The molecular weight excluding hydrogens is 134 g/mol. The van der Waals surface area contributed by atoms with E-state index in [0.29, 0.717) is 0 Å². The minimum absolute atomic E-state index is 1.14. The highest BCUT2D eigenvalue weighted by Crippen LogP contribution is 2.16. The molecule has 0 fully saturated rings. The van der Waals surface area contributed by atoms with Crippen LogP contribution in [0, 0.1) is 0 Å². The van der Waals surface area contributed by atoms with Gasteiger partial charge < -0.3 is 5.32 Å². The van der Waals surface area contributed by atoms with Gasteiger partial charge >= 0.3 is 0 Å². The summed E-state index contributed by atoms with van der Waals surface area (Å²) in [5.41, 5.74) is 1.61. The SMILES string of the molecule is CNCCCC1=CC=CCC1. The molecule has 11 heavy (non-hydrogen) atoms. The number of hydrogen-bond donors (Lipinski definition) is 1. The maximum Gasteiger partial charge on any atom is -0.00489 e. The van der Waals surface area contributed by atoms with Crippen molar-refractivity contribution in [3.05, 3.63) is 23.8 Å². The van der Waals surface area contributed by atoms with E-state index in [1.54, 1.807) is 5.57 Å². The monoisotopic (exact) mass is 151 g/mol. The van der Waals surface area contributed by atoms with Crippen LogP contribution in [0.5, 0.6) is 0 Å². The normalized spacial score (nSPS) is 16.6. The Bertz CT molecular complexity index is 156. The van der Waals surface area contributed by atoms with Gasteiger partial charge in [0.2, 0.25) is 0 Å². The minimum Gasteiger partial charge on any atom is -0.320 e. The van der Waals surface area contributed by atoms with Crippen molar-refractivity contribution in [2.75, 3.05) is 13.6 Å². The molecule has 1 aliphatic carbocycles. The first-order valence-corrected chi connectivity index (χ1v) is 4.42. The molecular formula is C10H17N. The van der Waals surface area contributed by atoms with Crippen molar-refractivity contribution >= 4 is 0 Å². The first-order chi connectivity index (χ1) is 5.43. The molecule has 0 unspecified atom stereocenters. The smallest absolute Gasteiger partial charge is 0.00489 e. The van der Waals surface area contributed by atoms with Crippen LogP contribution in [0.3, 0.4) is 0 Å². The summed E-state index contributed by atoms with van der Waals surface area (Å²) in [6.45, 7) is 1.14. The lowest BCUT2D eigenvalue weighted by Gasteiger charge is -2.07. The maximum atomic E-state index is 3.16. The zero-order chi connectivity index (χ0) is 7.94. The third-order valence-corrected chi connectivity index (χ3v) is 2.02. The minimum atomic E-state index is 1.14. The second-order valence-corrected chi connectivity index (χ2v) is 3.00. The highest BCUT2D eigenvalue weighted by molar-refractivity contribution is 5.17. The summed E-state index contributed by atoms with van der Waals surface area (Å²) in [6.07, 6.45) is 11.7. The summed E-state index contributed by atoms with van der Waals surface area (Å²) in [7, 11) is 2.01. The molecule has 1 rings (SSSR count). The Morgan fingerprint density at radius 2 is 2.45 bits per heavy atom. The standard InChI is InChI=1S/C10H17N/c1-11-9-5-8-10-6-3-2-4-7-10/h2-3,6,11H,4-5,7-9H2,1H3. The predicted molar refractivity (Wildman–Crippen MR) is 49.6 cm³/mol. The van der Waals surface area contributed by atoms with Crippen molar-refractivity contribution in [1.29, 1.82) is 0 Å². The molecule has 0 spiro atoms. The van der Waals surface area contributed by atoms with Gasteiger partial charge in [0.25, 0.3) is 0 Å². The van der Waals surface area contributed by atoms with E-state index in [4.69, 9.17) is 0 Å². The Morgan fingerprint density at radius 3 is 3.09 bits per heavy atom. The van der Waals surface area contributed by atoms with Crippen molar-refractivity contribution in [3.63, 3.8) is 0 Å². The van der Waals surface area contributed by atoms with Crippen LogP contribution in [-0.4, -0.2) is 13.6 Å². The molecule has 1 N–H and O–H groups in total. The van der Waals surface area contributed by atoms with E-state index in [0.717, 1.165) is 6.54 Å². The molecule has 0 amide bonds. The van der Waals surface area contributed by atoms with Crippen LogP contribution in [0.1, 0.15) is 25.7 Å². The molecule has 0 aromatic rings. The maximum absolute atomic E-state index is 3.16. The zero-order valence-corrected chi connectivity index (χ0v) is 7.27. The Labute approximate surface area is 69.2 Å². The fourth-order valence-corrected chi connectivity index (χ4v) is 1.35. The second kappa shape index (κ2) is 5.14.